The lowest BCUT2D eigenvalue weighted by atomic mass is 10.2. The monoisotopic (exact) mass is 267 g/mol. The molecule has 0 saturated heterocycles. The van der Waals surface area contributed by atoms with E-state index >= 15 is 0 Å². The Morgan fingerprint density at radius 1 is 1.33 bits per heavy atom. The first-order valence-electron chi connectivity index (χ1n) is 6.91. The van der Waals surface area contributed by atoms with Gasteiger partial charge in [0.1, 0.15) is 5.82 Å². The molecule has 1 aromatic rings. The van der Waals surface area contributed by atoms with Crippen LogP contribution in [0.1, 0.15) is 49.7 Å². The summed E-state index contributed by atoms with van der Waals surface area (Å²) in [6.07, 6.45) is 5.38. The second-order valence-electron chi connectivity index (χ2n) is 4.88. The summed E-state index contributed by atoms with van der Waals surface area (Å²) in [5.74, 6) is 2.15. The van der Waals surface area contributed by atoms with Gasteiger partial charge in [-0.1, -0.05) is 13.8 Å². The van der Waals surface area contributed by atoms with E-state index in [-0.39, 0.29) is 0 Å². The third-order valence-corrected chi connectivity index (χ3v) is 3.89. The van der Waals surface area contributed by atoms with Gasteiger partial charge in [0, 0.05) is 30.6 Å². The van der Waals surface area contributed by atoms with Gasteiger partial charge in [0.05, 0.1) is 11.6 Å². The highest BCUT2D eigenvalue weighted by Crippen LogP contribution is 2.40. The van der Waals surface area contributed by atoms with Gasteiger partial charge in [0.15, 0.2) is 0 Å². The number of rotatable bonds is 7. The molecule has 0 spiro atoms. The van der Waals surface area contributed by atoms with Crippen molar-refractivity contribution in [2.75, 3.05) is 19.6 Å². The Morgan fingerprint density at radius 2 is 2.06 bits per heavy atom. The number of halogens is 1. The van der Waals surface area contributed by atoms with E-state index < -0.39 is 0 Å². The number of alkyl halides is 1. The molecule has 0 N–H and O–H groups in total. The summed E-state index contributed by atoms with van der Waals surface area (Å²) in [5, 5.41) is 0. The fourth-order valence-electron chi connectivity index (χ4n) is 2.19. The first kappa shape index (κ1) is 13.8. The molecule has 3 nitrogen and oxygen atoms in total. The van der Waals surface area contributed by atoms with E-state index in [9.17, 15) is 0 Å². The van der Waals surface area contributed by atoms with Crippen molar-refractivity contribution >= 4 is 11.6 Å². The molecule has 0 aliphatic heterocycles. The van der Waals surface area contributed by atoms with Crippen molar-refractivity contribution < 1.29 is 0 Å². The van der Waals surface area contributed by atoms with Crippen LogP contribution in [0, 0.1) is 0 Å². The summed E-state index contributed by atoms with van der Waals surface area (Å²) in [7, 11) is 0. The Hall–Kier alpha value is -0.670. The van der Waals surface area contributed by atoms with Crippen LogP contribution in [0.15, 0.2) is 6.20 Å². The predicted molar refractivity (Wildman–Crippen MR) is 75.1 cm³/mol. The van der Waals surface area contributed by atoms with Crippen molar-refractivity contribution in [2.24, 2.45) is 0 Å². The van der Waals surface area contributed by atoms with Gasteiger partial charge in [-0.25, -0.2) is 9.97 Å². The molecule has 18 heavy (non-hydrogen) atoms. The third-order valence-electron chi connectivity index (χ3n) is 3.60. The summed E-state index contributed by atoms with van der Waals surface area (Å²) in [5.41, 5.74) is 2.32. The molecule has 0 bridgehead atoms. The summed E-state index contributed by atoms with van der Waals surface area (Å²) in [6.45, 7) is 7.60. The standard InChI is InChI=1S/C14H22ClN3/c1-3-18(4-2)8-7-13-16-10-12(9-15)14(17-13)11-5-6-11/h10-11H,3-9H2,1-2H3. The number of hydrogen-bond acceptors (Lipinski definition) is 3. The van der Waals surface area contributed by atoms with Crippen LogP contribution < -0.4 is 0 Å². The van der Waals surface area contributed by atoms with Gasteiger partial charge >= 0.3 is 0 Å². The third kappa shape index (κ3) is 3.42. The Morgan fingerprint density at radius 3 is 2.61 bits per heavy atom. The van der Waals surface area contributed by atoms with Crippen LogP contribution in [-0.4, -0.2) is 34.5 Å². The topological polar surface area (TPSA) is 29.0 Å². The minimum absolute atomic E-state index is 0.530. The molecule has 4 heteroatoms. The van der Waals surface area contributed by atoms with Gasteiger partial charge in [-0.3, -0.25) is 0 Å². The van der Waals surface area contributed by atoms with Gasteiger partial charge in [-0.2, -0.15) is 0 Å². The molecule has 1 aliphatic carbocycles. The molecule has 2 rings (SSSR count). The van der Waals surface area contributed by atoms with Crippen molar-refractivity contribution in [3.63, 3.8) is 0 Å². The highest BCUT2D eigenvalue weighted by Gasteiger charge is 2.27. The van der Waals surface area contributed by atoms with E-state index in [0.717, 1.165) is 37.4 Å². The van der Waals surface area contributed by atoms with E-state index in [4.69, 9.17) is 16.6 Å². The molecule has 1 saturated carbocycles. The number of likely N-dealkylation sites (N-methyl/N-ethyl adjacent to an activating group) is 1. The summed E-state index contributed by atoms with van der Waals surface area (Å²) in [6, 6.07) is 0. The maximum Gasteiger partial charge on any atom is 0.129 e. The van der Waals surface area contributed by atoms with E-state index in [1.807, 2.05) is 6.20 Å². The fourth-order valence-corrected chi connectivity index (χ4v) is 2.40. The van der Waals surface area contributed by atoms with Crippen molar-refractivity contribution in [3.8, 4) is 0 Å². The van der Waals surface area contributed by atoms with Gasteiger partial charge in [0.2, 0.25) is 0 Å². The largest absolute Gasteiger partial charge is 0.303 e. The van der Waals surface area contributed by atoms with Gasteiger partial charge in [-0.05, 0) is 25.9 Å². The average Bonchev–Trinajstić information content (AvgIpc) is 3.24. The fraction of sp³-hybridized carbons (Fsp3) is 0.714. The van der Waals surface area contributed by atoms with Gasteiger partial charge in [0.25, 0.3) is 0 Å². The Bertz CT molecular complexity index is 387. The van der Waals surface area contributed by atoms with Crippen LogP contribution in [0.4, 0.5) is 0 Å². The summed E-state index contributed by atoms with van der Waals surface area (Å²) < 4.78 is 0. The van der Waals surface area contributed by atoms with Crippen molar-refractivity contribution in [3.05, 3.63) is 23.3 Å². The van der Waals surface area contributed by atoms with Crippen molar-refractivity contribution in [2.45, 2.75) is 44.9 Å². The molecule has 1 heterocycles. The van der Waals surface area contributed by atoms with Gasteiger partial charge in [-0.15, -0.1) is 11.6 Å². The quantitative estimate of drug-likeness (QED) is 0.711. The number of aromatic nitrogens is 2. The summed E-state index contributed by atoms with van der Waals surface area (Å²) in [4.78, 5) is 11.6. The molecule has 0 amide bonds. The minimum atomic E-state index is 0.530. The molecule has 0 atom stereocenters. The summed E-state index contributed by atoms with van der Waals surface area (Å²) >= 11 is 5.94. The van der Waals surface area contributed by atoms with E-state index in [1.165, 1.54) is 18.5 Å². The van der Waals surface area contributed by atoms with Crippen molar-refractivity contribution in [1.82, 2.24) is 14.9 Å². The van der Waals surface area contributed by atoms with Crippen LogP contribution in [0.5, 0.6) is 0 Å². The smallest absolute Gasteiger partial charge is 0.129 e. The normalized spacial score (nSPS) is 15.3. The maximum atomic E-state index is 5.94. The molecule has 0 aromatic carbocycles. The average molecular weight is 268 g/mol. The van der Waals surface area contributed by atoms with E-state index in [2.05, 4.69) is 23.7 Å². The zero-order valence-electron chi connectivity index (χ0n) is 11.3. The van der Waals surface area contributed by atoms with Gasteiger partial charge < -0.3 is 4.90 Å². The van der Waals surface area contributed by atoms with Crippen LogP contribution >= 0.6 is 11.6 Å². The first-order chi connectivity index (χ1) is 8.78. The first-order valence-corrected chi connectivity index (χ1v) is 7.44. The molecule has 1 aliphatic rings. The molecule has 0 unspecified atom stereocenters. The lowest BCUT2D eigenvalue weighted by Gasteiger charge is -2.17. The predicted octanol–water partition coefficient (Wildman–Crippen LogP) is 2.98. The zero-order valence-corrected chi connectivity index (χ0v) is 12.1. The number of nitrogens with zero attached hydrogens (tertiary/aromatic N) is 3. The molecular formula is C14H22ClN3. The Kier molecular flexibility index (Phi) is 4.95. The van der Waals surface area contributed by atoms with Crippen LogP contribution in [0.3, 0.4) is 0 Å². The van der Waals surface area contributed by atoms with E-state index in [1.54, 1.807) is 0 Å². The highest BCUT2D eigenvalue weighted by molar-refractivity contribution is 6.17. The molecular weight excluding hydrogens is 246 g/mol. The van der Waals surface area contributed by atoms with Crippen LogP contribution in [0.25, 0.3) is 0 Å². The molecule has 100 valence electrons. The van der Waals surface area contributed by atoms with Crippen LogP contribution in [0.2, 0.25) is 0 Å². The molecule has 1 fully saturated rings. The maximum absolute atomic E-state index is 5.94. The molecule has 0 radical (unpaired) electrons. The molecule has 1 aromatic heterocycles. The Labute approximate surface area is 115 Å². The minimum Gasteiger partial charge on any atom is -0.303 e. The second-order valence-corrected chi connectivity index (χ2v) is 5.15. The lowest BCUT2D eigenvalue weighted by Crippen LogP contribution is -2.26. The Balaban J connectivity index is 2.02. The van der Waals surface area contributed by atoms with Crippen LogP contribution in [-0.2, 0) is 12.3 Å². The van der Waals surface area contributed by atoms with Crippen molar-refractivity contribution in [1.29, 1.82) is 0 Å². The van der Waals surface area contributed by atoms with E-state index in [0.29, 0.717) is 11.8 Å². The lowest BCUT2D eigenvalue weighted by molar-refractivity contribution is 0.305. The second kappa shape index (κ2) is 6.48. The zero-order chi connectivity index (χ0) is 13.0. The SMILES string of the molecule is CCN(CC)CCc1ncc(CCl)c(C2CC2)n1. The number of hydrogen-bond donors (Lipinski definition) is 0. The highest BCUT2D eigenvalue weighted by atomic mass is 35.5.